The van der Waals surface area contributed by atoms with Crippen molar-refractivity contribution in [1.82, 2.24) is 15.9 Å². The van der Waals surface area contributed by atoms with E-state index in [-0.39, 0.29) is 31.8 Å². The second-order valence-electron chi connectivity index (χ2n) is 6.87. The molecule has 158 valence electrons. The molecule has 3 N–H and O–H groups in total. The minimum atomic E-state index is -4.25. The maximum atomic E-state index is 12.7. The first-order valence-electron chi connectivity index (χ1n) is 8.83. The summed E-state index contributed by atoms with van der Waals surface area (Å²) in [6.07, 6.45) is -4.06. The summed E-state index contributed by atoms with van der Waals surface area (Å²) in [7, 11) is -0.474. The van der Waals surface area contributed by atoms with Gasteiger partial charge in [-0.15, -0.1) is 0 Å². The maximum Gasteiger partial charge on any atom is 0.394 e. The van der Waals surface area contributed by atoms with Crippen molar-refractivity contribution in [2.24, 2.45) is 5.92 Å². The molecule has 1 saturated heterocycles. The highest BCUT2D eigenvalue weighted by atomic mass is 32.2. The molecule has 2 aliphatic heterocycles. The molecule has 1 aromatic carbocycles. The largest absolute Gasteiger partial charge is 0.494 e. The molecule has 12 heteroatoms. The van der Waals surface area contributed by atoms with Gasteiger partial charge in [0, 0.05) is 33.2 Å². The van der Waals surface area contributed by atoms with Crippen molar-refractivity contribution < 1.29 is 26.3 Å². The van der Waals surface area contributed by atoms with Crippen LogP contribution in [0.15, 0.2) is 12.1 Å². The quantitative estimate of drug-likeness (QED) is 0.609. The normalized spacial score (nSPS) is 20.5. The van der Waals surface area contributed by atoms with Crippen LogP contribution in [-0.4, -0.2) is 59.1 Å². The number of anilines is 2. The van der Waals surface area contributed by atoms with Gasteiger partial charge >= 0.3 is 6.18 Å². The Morgan fingerprint density at radius 3 is 2.71 bits per heavy atom. The van der Waals surface area contributed by atoms with E-state index < -0.39 is 22.1 Å². The lowest BCUT2D eigenvalue weighted by Crippen LogP contribution is -2.33. The summed E-state index contributed by atoms with van der Waals surface area (Å²) in [6, 6.07) is 3.56. The lowest BCUT2D eigenvalue weighted by Gasteiger charge is -2.20. The number of alkyl halides is 3. The van der Waals surface area contributed by atoms with Crippen LogP contribution in [0.2, 0.25) is 0 Å². The Bertz CT molecular complexity index is 818. The zero-order valence-corrected chi connectivity index (χ0v) is 16.5. The van der Waals surface area contributed by atoms with Gasteiger partial charge in [-0.2, -0.15) is 13.2 Å². The van der Waals surface area contributed by atoms with Crippen molar-refractivity contribution >= 4 is 21.4 Å². The van der Waals surface area contributed by atoms with Crippen molar-refractivity contribution in [3.05, 3.63) is 17.7 Å². The molecule has 0 bridgehead atoms. The van der Waals surface area contributed by atoms with Gasteiger partial charge < -0.3 is 9.75 Å². The highest BCUT2D eigenvalue weighted by Gasteiger charge is 2.43. The highest BCUT2D eigenvalue weighted by Crippen LogP contribution is 2.40. The topological polar surface area (TPSA) is 85.9 Å². The average molecular weight is 423 g/mol. The van der Waals surface area contributed by atoms with Crippen molar-refractivity contribution in [2.75, 3.05) is 49.3 Å². The van der Waals surface area contributed by atoms with E-state index in [1.807, 2.05) is 6.07 Å². The SMILES string of the molecule is COc1ccc2c(c1NS(=O)(=O)CCCN1CC(C(F)(F)F)CN1)N(C)NC2. The Balaban J connectivity index is 1.61. The number of rotatable bonds is 7. The molecule has 0 spiro atoms. The van der Waals surface area contributed by atoms with Crippen LogP contribution in [0.4, 0.5) is 24.5 Å². The fourth-order valence-electron chi connectivity index (χ4n) is 3.37. The van der Waals surface area contributed by atoms with Crippen molar-refractivity contribution in [3.8, 4) is 5.75 Å². The minimum absolute atomic E-state index is 0.173. The summed E-state index contributed by atoms with van der Waals surface area (Å²) in [6.45, 7) is 0.430. The minimum Gasteiger partial charge on any atom is -0.494 e. The molecule has 2 heterocycles. The Kier molecular flexibility index (Phi) is 5.94. The third-order valence-electron chi connectivity index (χ3n) is 4.85. The first-order valence-corrected chi connectivity index (χ1v) is 10.5. The van der Waals surface area contributed by atoms with Crippen LogP contribution in [-0.2, 0) is 16.6 Å². The van der Waals surface area contributed by atoms with Gasteiger partial charge in [0.25, 0.3) is 0 Å². The monoisotopic (exact) mass is 423 g/mol. The first-order chi connectivity index (χ1) is 13.1. The summed E-state index contributed by atoms with van der Waals surface area (Å²) in [5.74, 6) is -1.25. The molecule has 0 saturated carbocycles. The molecule has 0 radical (unpaired) electrons. The third kappa shape index (κ3) is 4.62. The van der Waals surface area contributed by atoms with Gasteiger partial charge in [-0.3, -0.25) is 10.1 Å². The second-order valence-corrected chi connectivity index (χ2v) is 8.71. The Morgan fingerprint density at radius 2 is 2.07 bits per heavy atom. The molecule has 8 nitrogen and oxygen atoms in total. The van der Waals surface area contributed by atoms with Crippen molar-refractivity contribution in [1.29, 1.82) is 0 Å². The van der Waals surface area contributed by atoms with Crippen molar-refractivity contribution in [2.45, 2.75) is 19.1 Å². The molecule has 3 rings (SSSR count). The van der Waals surface area contributed by atoms with Crippen LogP contribution in [0.3, 0.4) is 0 Å². The number of methoxy groups -OCH3 is 1. The summed E-state index contributed by atoms with van der Waals surface area (Å²) >= 11 is 0. The van der Waals surface area contributed by atoms with E-state index in [4.69, 9.17) is 4.74 Å². The molecule has 0 amide bonds. The fraction of sp³-hybridized carbons (Fsp3) is 0.625. The standard InChI is InChI=1S/C16H24F3N5O3S/c1-23-15-11(8-20-23)4-5-13(27-2)14(15)22-28(25,26)7-3-6-24-10-12(9-21-24)16(17,18)19/h4-5,12,20-22H,3,6-10H2,1-2H3. The van der Waals surface area contributed by atoms with Crippen LogP contribution in [0.5, 0.6) is 5.75 Å². The molecule has 0 aromatic heterocycles. The molecule has 1 unspecified atom stereocenters. The molecule has 0 aliphatic carbocycles. The van der Waals surface area contributed by atoms with E-state index in [1.54, 1.807) is 18.1 Å². The fourth-order valence-corrected chi connectivity index (χ4v) is 4.49. The Labute approximate surface area is 162 Å². The number of ether oxygens (including phenoxy) is 1. The molecular weight excluding hydrogens is 399 g/mol. The number of hydrogen-bond donors (Lipinski definition) is 3. The lowest BCUT2D eigenvalue weighted by molar-refractivity contribution is -0.167. The Hall–Kier alpha value is -1.76. The van der Waals surface area contributed by atoms with E-state index in [0.717, 1.165) is 5.56 Å². The zero-order chi connectivity index (χ0) is 20.5. The number of fused-ring (bicyclic) bond motifs is 1. The first kappa shape index (κ1) is 21.0. The van der Waals surface area contributed by atoms with Crippen LogP contribution in [0.25, 0.3) is 0 Å². The van der Waals surface area contributed by atoms with Gasteiger partial charge in [0.1, 0.15) is 11.4 Å². The third-order valence-corrected chi connectivity index (χ3v) is 6.19. The predicted octanol–water partition coefficient (Wildman–Crippen LogP) is 1.28. The van der Waals surface area contributed by atoms with Gasteiger partial charge in [-0.1, -0.05) is 6.07 Å². The van der Waals surface area contributed by atoms with Crippen LogP contribution in [0.1, 0.15) is 12.0 Å². The summed E-state index contributed by atoms with van der Waals surface area (Å²) in [4.78, 5) is 0. The van der Waals surface area contributed by atoms with Crippen LogP contribution < -0.4 is 25.3 Å². The van der Waals surface area contributed by atoms with E-state index in [9.17, 15) is 21.6 Å². The van der Waals surface area contributed by atoms with Gasteiger partial charge in [-0.25, -0.2) is 18.9 Å². The maximum absolute atomic E-state index is 12.7. The zero-order valence-electron chi connectivity index (χ0n) is 15.6. The molecule has 1 aromatic rings. The van der Waals surface area contributed by atoms with Gasteiger partial charge in [0.05, 0.1) is 24.5 Å². The summed E-state index contributed by atoms with van der Waals surface area (Å²) < 4.78 is 71.1. The highest BCUT2D eigenvalue weighted by molar-refractivity contribution is 7.92. The molecule has 28 heavy (non-hydrogen) atoms. The van der Waals surface area contributed by atoms with E-state index >= 15 is 0 Å². The van der Waals surface area contributed by atoms with Gasteiger partial charge in [0.15, 0.2) is 0 Å². The number of nitrogens with zero attached hydrogens (tertiary/aromatic N) is 2. The Morgan fingerprint density at radius 1 is 1.32 bits per heavy atom. The van der Waals surface area contributed by atoms with E-state index in [0.29, 0.717) is 23.7 Å². The lowest BCUT2D eigenvalue weighted by atomic mass is 10.1. The molecule has 2 aliphatic rings. The number of halogens is 3. The van der Waals surface area contributed by atoms with Crippen LogP contribution in [0, 0.1) is 5.92 Å². The number of benzene rings is 1. The van der Waals surface area contributed by atoms with Crippen LogP contribution >= 0.6 is 0 Å². The summed E-state index contributed by atoms with van der Waals surface area (Å²) in [5.41, 5.74) is 7.74. The predicted molar refractivity (Wildman–Crippen MR) is 99.4 cm³/mol. The van der Waals surface area contributed by atoms with E-state index in [2.05, 4.69) is 15.6 Å². The van der Waals surface area contributed by atoms with E-state index in [1.165, 1.54) is 12.1 Å². The number of hydrazine groups is 2. The van der Waals surface area contributed by atoms with Crippen molar-refractivity contribution in [3.63, 3.8) is 0 Å². The number of sulfonamides is 1. The summed E-state index contributed by atoms with van der Waals surface area (Å²) in [5, 5.41) is 3.15. The number of hydrogen-bond acceptors (Lipinski definition) is 7. The second kappa shape index (κ2) is 7.93. The molecule has 1 fully saturated rings. The molecular formula is C16H24F3N5O3S. The average Bonchev–Trinajstić information content (AvgIpc) is 3.22. The smallest absolute Gasteiger partial charge is 0.394 e. The van der Waals surface area contributed by atoms with Gasteiger partial charge in [0.2, 0.25) is 10.0 Å². The number of nitrogens with one attached hydrogen (secondary N) is 3. The molecule has 1 atom stereocenters. The van der Waals surface area contributed by atoms with Gasteiger partial charge in [-0.05, 0) is 18.1 Å².